The molecule has 1 saturated heterocycles. The second-order valence-corrected chi connectivity index (χ2v) is 8.18. The van der Waals surface area contributed by atoms with Gasteiger partial charge in [-0.3, -0.25) is 9.59 Å². The molecule has 0 spiro atoms. The summed E-state index contributed by atoms with van der Waals surface area (Å²) in [6, 6.07) is 14.1. The van der Waals surface area contributed by atoms with Crippen molar-refractivity contribution in [3.63, 3.8) is 0 Å². The molecule has 4 rings (SSSR count). The summed E-state index contributed by atoms with van der Waals surface area (Å²) in [5, 5.41) is 5.34. The smallest absolute Gasteiger partial charge is 0.327 e. The molecule has 0 aromatic heterocycles. The Morgan fingerprint density at radius 2 is 1.34 bits per heavy atom. The molecule has 0 radical (unpaired) electrons. The Bertz CT molecular complexity index is 965. The van der Waals surface area contributed by atoms with E-state index < -0.39 is 35.7 Å². The highest BCUT2D eigenvalue weighted by Gasteiger charge is 2.54. The van der Waals surface area contributed by atoms with Gasteiger partial charge in [-0.1, -0.05) is 52.6 Å². The minimum atomic E-state index is -1.32. The number of ether oxygens (including phenoxy) is 2. The summed E-state index contributed by atoms with van der Waals surface area (Å²) in [7, 11) is 0. The first kappa shape index (κ1) is 19.7. The van der Waals surface area contributed by atoms with E-state index in [9.17, 15) is 9.59 Å². The highest BCUT2D eigenvalue weighted by atomic mass is 35.5. The van der Waals surface area contributed by atoms with Crippen LogP contribution < -0.4 is 0 Å². The van der Waals surface area contributed by atoms with Crippen molar-refractivity contribution < 1.29 is 23.9 Å². The van der Waals surface area contributed by atoms with Crippen molar-refractivity contribution in [3.05, 3.63) is 69.7 Å². The van der Waals surface area contributed by atoms with Crippen molar-refractivity contribution in [2.45, 2.75) is 31.7 Å². The second-order valence-electron chi connectivity index (χ2n) is 7.30. The molecule has 2 aliphatic rings. The van der Waals surface area contributed by atoms with E-state index in [4.69, 9.17) is 37.5 Å². The lowest BCUT2D eigenvalue weighted by molar-refractivity contribution is -0.245. The van der Waals surface area contributed by atoms with E-state index in [1.165, 1.54) is 13.8 Å². The lowest BCUT2D eigenvalue weighted by Gasteiger charge is -2.35. The minimum Gasteiger partial charge on any atom is -0.422 e. The van der Waals surface area contributed by atoms with Crippen molar-refractivity contribution in [2.75, 3.05) is 0 Å². The van der Waals surface area contributed by atoms with Gasteiger partial charge in [0.1, 0.15) is 0 Å². The standard InChI is InChI=1S/C21H17Cl2NO5/c1-21(2)27-19(25)16(20(26)28-21)18-15(11-3-7-13(22)8-4-11)17(24-29-18)12-5-9-14(23)10-6-12/h3-10,15-16,18H,1-2H3/t15-,18-/m0/s1. The monoisotopic (exact) mass is 433 g/mol. The van der Waals surface area contributed by atoms with Gasteiger partial charge in [-0.2, -0.15) is 0 Å². The third-order valence-corrected chi connectivity index (χ3v) is 5.30. The van der Waals surface area contributed by atoms with Crippen molar-refractivity contribution in [1.82, 2.24) is 0 Å². The molecule has 0 unspecified atom stereocenters. The molecule has 0 aliphatic carbocycles. The van der Waals surface area contributed by atoms with Crippen molar-refractivity contribution in [2.24, 2.45) is 11.1 Å². The number of halogens is 2. The van der Waals surface area contributed by atoms with E-state index in [0.717, 1.165) is 11.1 Å². The van der Waals surface area contributed by atoms with Crippen LogP contribution in [0.3, 0.4) is 0 Å². The molecular formula is C21H17Cl2NO5. The normalized spacial score (nSPS) is 23.8. The number of cyclic esters (lactones) is 2. The Labute approximate surface area is 177 Å². The SMILES string of the molecule is CC1(C)OC(=O)C([C@H]2ON=C(c3ccc(Cl)cc3)[C@@H]2c2ccc(Cl)cc2)C(=O)O1. The summed E-state index contributed by atoms with van der Waals surface area (Å²) >= 11 is 12.0. The van der Waals surface area contributed by atoms with Crippen LogP contribution in [0.4, 0.5) is 0 Å². The van der Waals surface area contributed by atoms with Gasteiger partial charge in [0.2, 0.25) is 0 Å². The first-order chi connectivity index (χ1) is 13.7. The molecule has 0 N–H and O–H groups in total. The molecule has 2 aliphatic heterocycles. The van der Waals surface area contributed by atoms with Crippen LogP contribution in [0.2, 0.25) is 10.0 Å². The fraction of sp³-hybridized carbons (Fsp3) is 0.286. The number of carbonyl (C=O) groups excluding carboxylic acids is 2. The van der Waals surface area contributed by atoms with E-state index in [1.807, 2.05) is 12.1 Å². The molecule has 8 heteroatoms. The summed E-state index contributed by atoms with van der Waals surface area (Å²) in [6.45, 7) is 3.00. The highest BCUT2D eigenvalue weighted by molar-refractivity contribution is 6.31. The van der Waals surface area contributed by atoms with E-state index in [2.05, 4.69) is 5.16 Å². The number of carbonyl (C=O) groups is 2. The molecule has 150 valence electrons. The van der Waals surface area contributed by atoms with Crippen LogP contribution >= 0.6 is 23.2 Å². The van der Waals surface area contributed by atoms with E-state index in [-0.39, 0.29) is 0 Å². The maximum atomic E-state index is 12.6. The van der Waals surface area contributed by atoms with Crippen LogP contribution in [0.1, 0.15) is 30.9 Å². The Kier molecular flexibility index (Phi) is 5.00. The van der Waals surface area contributed by atoms with Crippen LogP contribution in [-0.4, -0.2) is 29.5 Å². The highest BCUT2D eigenvalue weighted by Crippen LogP contribution is 2.39. The molecular weight excluding hydrogens is 417 g/mol. The summed E-state index contributed by atoms with van der Waals surface area (Å²) in [5.41, 5.74) is 2.12. The Hall–Kier alpha value is -2.57. The van der Waals surface area contributed by atoms with E-state index >= 15 is 0 Å². The first-order valence-electron chi connectivity index (χ1n) is 8.96. The molecule has 2 atom stereocenters. The van der Waals surface area contributed by atoms with E-state index in [1.54, 1.807) is 36.4 Å². The molecule has 0 saturated carbocycles. The number of hydrogen-bond acceptors (Lipinski definition) is 6. The molecule has 6 nitrogen and oxygen atoms in total. The lowest BCUT2D eigenvalue weighted by Crippen LogP contribution is -2.51. The van der Waals surface area contributed by atoms with Gasteiger partial charge in [0, 0.05) is 29.5 Å². The van der Waals surface area contributed by atoms with Gasteiger partial charge < -0.3 is 14.3 Å². The van der Waals surface area contributed by atoms with E-state index in [0.29, 0.717) is 15.8 Å². The van der Waals surface area contributed by atoms with Gasteiger partial charge in [0.15, 0.2) is 12.0 Å². The lowest BCUT2D eigenvalue weighted by atomic mass is 9.80. The first-order valence-corrected chi connectivity index (χ1v) is 9.71. The number of esters is 2. The minimum absolute atomic E-state index is 0.514. The topological polar surface area (TPSA) is 74.2 Å². The fourth-order valence-electron chi connectivity index (χ4n) is 3.51. The zero-order valence-corrected chi connectivity index (χ0v) is 17.1. The van der Waals surface area contributed by atoms with Crippen LogP contribution in [-0.2, 0) is 23.9 Å². The Morgan fingerprint density at radius 3 is 1.90 bits per heavy atom. The van der Waals surface area contributed by atoms with Gasteiger partial charge in [0.25, 0.3) is 5.79 Å². The number of rotatable bonds is 3. The van der Waals surface area contributed by atoms with Gasteiger partial charge >= 0.3 is 11.9 Å². The van der Waals surface area contributed by atoms with Gasteiger partial charge in [-0.15, -0.1) is 0 Å². The maximum Gasteiger partial charge on any atom is 0.327 e. The Balaban J connectivity index is 1.74. The zero-order valence-electron chi connectivity index (χ0n) is 15.6. The maximum absolute atomic E-state index is 12.6. The summed E-state index contributed by atoms with van der Waals surface area (Å²) in [5.74, 6) is -4.51. The van der Waals surface area contributed by atoms with Crippen LogP contribution in [0, 0.1) is 5.92 Å². The van der Waals surface area contributed by atoms with Crippen LogP contribution in [0.25, 0.3) is 0 Å². The molecule has 29 heavy (non-hydrogen) atoms. The van der Waals surface area contributed by atoms with Gasteiger partial charge in [-0.25, -0.2) is 0 Å². The van der Waals surface area contributed by atoms with Gasteiger partial charge in [0.05, 0.1) is 11.6 Å². The molecule has 2 aromatic carbocycles. The zero-order chi connectivity index (χ0) is 20.8. The molecule has 1 fully saturated rings. The molecule has 0 amide bonds. The fourth-order valence-corrected chi connectivity index (χ4v) is 3.76. The second kappa shape index (κ2) is 7.35. The molecule has 0 bridgehead atoms. The summed E-state index contributed by atoms with van der Waals surface area (Å²) in [6.07, 6.45) is -0.919. The van der Waals surface area contributed by atoms with Crippen molar-refractivity contribution in [1.29, 1.82) is 0 Å². The predicted molar refractivity (Wildman–Crippen MR) is 107 cm³/mol. The van der Waals surface area contributed by atoms with Crippen LogP contribution in [0.5, 0.6) is 0 Å². The summed E-state index contributed by atoms with van der Waals surface area (Å²) < 4.78 is 10.6. The third-order valence-electron chi connectivity index (χ3n) is 4.79. The van der Waals surface area contributed by atoms with Gasteiger partial charge in [-0.05, 0) is 29.8 Å². The molecule has 2 aromatic rings. The third kappa shape index (κ3) is 3.82. The number of hydrogen-bond donors (Lipinski definition) is 0. The predicted octanol–water partition coefficient (Wildman–Crippen LogP) is 4.33. The molecule has 2 heterocycles. The summed E-state index contributed by atoms with van der Waals surface area (Å²) in [4.78, 5) is 30.9. The van der Waals surface area contributed by atoms with Crippen LogP contribution in [0.15, 0.2) is 53.7 Å². The number of benzene rings is 2. The Morgan fingerprint density at radius 1 is 0.828 bits per heavy atom. The average Bonchev–Trinajstić information content (AvgIpc) is 3.06. The quantitative estimate of drug-likeness (QED) is 0.531. The average molecular weight is 434 g/mol. The number of nitrogens with zero attached hydrogens (tertiary/aromatic N) is 1. The van der Waals surface area contributed by atoms with Crippen molar-refractivity contribution in [3.8, 4) is 0 Å². The number of oxime groups is 1. The largest absolute Gasteiger partial charge is 0.422 e. The van der Waals surface area contributed by atoms with Crippen molar-refractivity contribution >= 4 is 40.9 Å².